The van der Waals surface area contributed by atoms with E-state index < -0.39 is 5.97 Å². The molecule has 2 aliphatic rings. The number of carboxylic acids is 1. The molecule has 4 nitrogen and oxygen atoms in total. The molecule has 1 unspecified atom stereocenters. The molecule has 108 valence electrons. The monoisotopic (exact) mass is 267 g/mol. The van der Waals surface area contributed by atoms with Crippen molar-refractivity contribution in [3.63, 3.8) is 0 Å². The molecule has 1 amide bonds. The minimum atomic E-state index is -0.793. The lowest BCUT2D eigenvalue weighted by Gasteiger charge is -2.42. The molecule has 0 bridgehead atoms. The van der Waals surface area contributed by atoms with Crippen molar-refractivity contribution in [1.29, 1.82) is 0 Å². The van der Waals surface area contributed by atoms with Gasteiger partial charge in [-0.3, -0.25) is 9.59 Å². The molecule has 0 aromatic rings. The summed E-state index contributed by atoms with van der Waals surface area (Å²) in [6.07, 6.45) is 8.39. The third-order valence-corrected chi connectivity index (χ3v) is 4.77. The van der Waals surface area contributed by atoms with Crippen LogP contribution in [0, 0.1) is 5.41 Å². The zero-order chi connectivity index (χ0) is 13.9. The smallest absolute Gasteiger partial charge is 0.305 e. The van der Waals surface area contributed by atoms with Crippen molar-refractivity contribution in [2.45, 2.75) is 70.8 Å². The summed E-state index contributed by atoms with van der Waals surface area (Å²) < 4.78 is 0. The summed E-state index contributed by atoms with van der Waals surface area (Å²) in [7, 11) is 0. The van der Waals surface area contributed by atoms with Gasteiger partial charge in [-0.15, -0.1) is 0 Å². The normalized spacial score (nSPS) is 27.0. The molecule has 0 spiro atoms. The number of rotatable bonds is 3. The number of likely N-dealkylation sites (tertiary alicyclic amines) is 1. The fourth-order valence-corrected chi connectivity index (χ4v) is 3.57. The number of nitrogens with zero attached hydrogens (tertiary/aromatic N) is 1. The molecule has 1 aliphatic heterocycles. The molecule has 1 heterocycles. The van der Waals surface area contributed by atoms with Gasteiger partial charge in [0.1, 0.15) is 0 Å². The molecule has 1 N–H and O–H groups in total. The maximum atomic E-state index is 12.8. The molecular weight excluding hydrogens is 242 g/mol. The first-order valence-corrected chi connectivity index (χ1v) is 7.56. The Kier molecular flexibility index (Phi) is 4.48. The highest BCUT2D eigenvalue weighted by Crippen LogP contribution is 2.39. The third kappa shape index (κ3) is 3.28. The van der Waals surface area contributed by atoms with E-state index in [0.717, 1.165) is 51.5 Å². The van der Waals surface area contributed by atoms with Crippen LogP contribution >= 0.6 is 0 Å². The second-order valence-corrected chi connectivity index (χ2v) is 6.37. The lowest BCUT2D eigenvalue weighted by atomic mass is 9.74. The zero-order valence-corrected chi connectivity index (χ0v) is 11.9. The standard InChI is InChI=1S/C15H25NO3/c1-15(8-4-2-5-9-15)14(19)16-10-6-3-7-12(16)11-13(17)18/h12H,2-11H2,1H3,(H,17,18). The molecule has 4 heteroatoms. The number of carbonyl (C=O) groups excluding carboxylic acids is 1. The van der Waals surface area contributed by atoms with Crippen LogP contribution < -0.4 is 0 Å². The van der Waals surface area contributed by atoms with Crippen LogP contribution in [0.4, 0.5) is 0 Å². The second-order valence-electron chi connectivity index (χ2n) is 6.37. The average molecular weight is 267 g/mol. The fraction of sp³-hybridized carbons (Fsp3) is 0.867. The summed E-state index contributed by atoms with van der Waals surface area (Å²) in [5, 5.41) is 9.00. The predicted octanol–water partition coefficient (Wildman–Crippen LogP) is 2.81. The third-order valence-electron chi connectivity index (χ3n) is 4.77. The molecule has 19 heavy (non-hydrogen) atoms. The fourth-order valence-electron chi connectivity index (χ4n) is 3.57. The van der Waals surface area contributed by atoms with E-state index in [-0.39, 0.29) is 23.8 Å². The van der Waals surface area contributed by atoms with Gasteiger partial charge in [0, 0.05) is 18.0 Å². The van der Waals surface area contributed by atoms with Crippen molar-refractivity contribution in [3.8, 4) is 0 Å². The van der Waals surface area contributed by atoms with Crippen molar-refractivity contribution in [2.75, 3.05) is 6.54 Å². The van der Waals surface area contributed by atoms with Gasteiger partial charge in [-0.25, -0.2) is 0 Å². The molecule has 1 saturated carbocycles. The van der Waals surface area contributed by atoms with Crippen molar-refractivity contribution in [1.82, 2.24) is 4.90 Å². The van der Waals surface area contributed by atoms with E-state index in [0.29, 0.717) is 0 Å². The topological polar surface area (TPSA) is 57.6 Å². The summed E-state index contributed by atoms with van der Waals surface area (Å²) in [4.78, 5) is 25.6. The lowest BCUT2D eigenvalue weighted by molar-refractivity contribution is -0.149. The number of piperidine rings is 1. The Morgan fingerprint density at radius 2 is 1.84 bits per heavy atom. The highest BCUT2D eigenvalue weighted by Gasteiger charge is 2.40. The Balaban J connectivity index is 2.08. The Morgan fingerprint density at radius 3 is 2.47 bits per heavy atom. The van der Waals surface area contributed by atoms with Crippen LogP contribution in [-0.4, -0.2) is 34.5 Å². The van der Waals surface area contributed by atoms with Crippen LogP contribution in [0.25, 0.3) is 0 Å². The van der Waals surface area contributed by atoms with Gasteiger partial charge in [0.05, 0.1) is 6.42 Å². The Hall–Kier alpha value is -1.06. The maximum absolute atomic E-state index is 12.8. The van der Waals surface area contributed by atoms with Gasteiger partial charge in [-0.2, -0.15) is 0 Å². The zero-order valence-electron chi connectivity index (χ0n) is 11.9. The van der Waals surface area contributed by atoms with E-state index in [1.165, 1.54) is 6.42 Å². The van der Waals surface area contributed by atoms with Gasteiger partial charge >= 0.3 is 5.97 Å². The highest BCUT2D eigenvalue weighted by atomic mass is 16.4. The molecule has 0 aromatic heterocycles. The Morgan fingerprint density at radius 1 is 1.16 bits per heavy atom. The van der Waals surface area contributed by atoms with Crippen LogP contribution in [-0.2, 0) is 9.59 Å². The molecule has 2 fully saturated rings. The Bertz CT molecular complexity index is 347. The largest absolute Gasteiger partial charge is 0.481 e. The predicted molar refractivity (Wildman–Crippen MR) is 72.8 cm³/mol. The summed E-state index contributed by atoms with van der Waals surface area (Å²) in [6.45, 7) is 2.81. The van der Waals surface area contributed by atoms with Gasteiger partial charge in [-0.05, 0) is 32.1 Å². The van der Waals surface area contributed by atoms with Crippen LogP contribution in [0.15, 0.2) is 0 Å². The van der Waals surface area contributed by atoms with Gasteiger partial charge in [-0.1, -0.05) is 26.2 Å². The SMILES string of the molecule is CC1(C(=O)N2CCCCC2CC(=O)O)CCCCC1. The highest BCUT2D eigenvalue weighted by molar-refractivity contribution is 5.83. The molecule has 1 atom stereocenters. The molecule has 1 saturated heterocycles. The van der Waals surface area contributed by atoms with Gasteiger partial charge in [0.15, 0.2) is 0 Å². The van der Waals surface area contributed by atoms with Crippen LogP contribution in [0.5, 0.6) is 0 Å². The number of carboxylic acid groups (broad SMARTS) is 1. The second kappa shape index (κ2) is 5.93. The van der Waals surface area contributed by atoms with Gasteiger partial charge in [0.25, 0.3) is 0 Å². The van der Waals surface area contributed by atoms with E-state index in [1.54, 1.807) is 0 Å². The van der Waals surface area contributed by atoms with Crippen molar-refractivity contribution in [3.05, 3.63) is 0 Å². The lowest BCUT2D eigenvalue weighted by Crippen LogP contribution is -2.51. The van der Waals surface area contributed by atoms with Gasteiger partial charge in [0.2, 0.25) is 5.91 Å². The van der Waals surface area contributed by atoms with Gasteiger partial charge < -0.3 is 10.0 Å². The first kappa shape index (κ1) is 14.4. The minimum absolute atomic E-state index is 0.0856. The number of amides is 1. The summed E-state index contributed by atoms with van der Waals surface area (Å²) in [5.41, 5.74) is -0.244. The minimum Gasteiger partial charge on any atom is -0.481 e. The van der Waals surface area contributed by atoms with E-state index in [9.17, 15) is 9.59 Å². The van der Waals surface area contributed by atoms with Crippen LogP contribution in [0.1, 0.15) is 64.7 Å². The first-order chi connectivity index (χ1) is 9.03. The van der Waals surface area contributed by atoms with Crippen LogP contribution in [0.3, 0.4) is 0 Å². The number of hydrogen-bond donors (Lipinski definition) is 1. The average Bonchev–Trinajstić information content (AvgIpc) is 2.39. The van der Waals surface area contributed by atoms with E-state index >= 15 is 0 Å². The molecule has 0 aromatic carbocycles. The van der Waals surface area contributed by atoms with E-state index in [1.807, 2.05) is 4.90 Å². The summed E-state index contributed by atoms with van der Waals surface area (Å²) >= 11 is 0. The van der Waals surface area contributed by atoms with Crippen molar-refractivity contribution >= 4 is 11.9 Å². The molecular formula is C15H25NO3. The number of aliphatic carboxylic acids is 1. The van der Waals surface area contributed by atoms with Crippen molar-refractivity contribution < 1.29 is 14.7 Å². The van der Waals surface area contributed by atoms with E-state index in [4.69, 9.17) is 5.11 Å². The van der Waals surface area contributed by atoms with Crippen LogP contribution in [0.2, 0.25) is 0 Å². The molecule has 0 radical (unpaired) electrons. The van der Waals surface area contributed by atoms with E-state index in [2.05, 4.69) is 6.92 Å². The van der Waals surface area contributed by atoms with Crippen molar-refractivity contribution in [2.24, 2.45) is 5.41 Å². The first-order valence-electron chi connectivity index (χ1n) is 7.56. The summed E-state index contributed by atoms with van der Waals surface area (Å²) in [5.74, 6) is -0.586. The maximum Gasteiger partial charge on any atom is 0.305 e. The molecule has 2 rings (SSSR count). The number of hydrogen-bond acceptors (Lipinski definition) is 2. The quantitative estimate of drug-likeness (QED) is 0.855. The Labute approximate surface area is 115 Å². The molecule has 1 aliphatic carbocycles. The number of carbonyl (C=O) groups is 2. The summed E-state index contributed by atoms with van der Waals surface area (Å²) in [6, 6.07) is -0.0856.